The molecule has 1 aromatic heterocycles. The van der Waals surface area contributed by atoms with Crippen LogP contribution in [0.3, 0.4) is 0 Å². The van der Waals surface area contributed by atoms with Crippen LogP contribution < -0.4 is 10.2 Å². The topological polar surface area (TPSA) is 41.1 Å². The molecule has 22 heavy (non-hydrogen) atoms. The van der Waals surface area contributed by atoms with Gasteiger partial charge in [0.25, 0.3) is 0 Å². The fourth-order valence-corrected chi connectivity index (χ4v) is 2.87. The van der Waals surface area contributed by atoms with Gasteiger partial charge in [-0.25, -0.2) is 4.98 Å². The lowest BCUT2D eigenvalue weighted by molar-refractivity contribution is 0.592. The van der Waals surface area contributed by atoms with Crippen LogP contribution in [0.1, 0.15) is 39.2 Å². The van der Waals surface area contributed by atoms with E-state index in [4.69, 9.17) is 0 Å². The van der Waals surface area contributed by atoms with Crippen molar-refractivity contribution in [2.24, 2.45) is 0 Å². The van der Waals surface area contributed by atoms with Gasteiger partial charge in [0.05, 0.1) is 0 Å². The molecule has 0 amide bonds. The number of hydrogen-bond acceptors (Lipinski definition) is 4. The summed E-state index contributed by atoms with van der Waals surface area (Å²) in [6.07, 6.45) is 4.30. The number of hydrogen-bond donors (Lipinski definition) is 1. The van der Waals surface area contributed by atoms with Crippen molar-refractivity contribution in [3.05, 3.63) is 42.1 Å². The molecule has 1 aliphatic heterocycles. The summed E-state index contributed by atoms with van der Waals surface area (Å²) < 4.78 is 0. The van der Waals surface area contributed by atoms with Gasteiger partial charge in [-0.3, -0.25) is 0 Å². The van der Waals surface area contributed by atoms with Gasteiger partial charge in [0, 0.05) is 25.0 Å². The van der Waals surface area contributed by atoms with Gasteiger partial charge in [-0.1, -0.05) is 39.0 Å². The molecule has 0 spiro atoms. The molecule has 1 aromatic carbocycles. The maximum absolute atomic E-state index is 4.68. The normalized spacial score (nSPS) is 15.1. The molecule has 0 atom stereocenters. The minimum atomic E-state index is 0.0917. The Labute approximate surface area is 132 Å². The molecule has 4 nitrogen and oxygen atoms in total. The van der Waals surface area contributed by atoms with Crippen LogP contribution in [0.4, 0.5) is 17.5 Å². The summed E-state index contributed by atoms with van der Waals surface area (Å²) in [6.45, 7) is 8.79. The number of nitrogens with zero attached hydrogens (tertiary/aromatic N) is 3. The maximum atomic E-state index is 4.68. The minimum Gasteiger partial charge on any atom is -0.341 e. The van der Waals surface area contributed by atoms with Gasteiger partial charge in [-0.05, 0) is 36.0 Å². The molecule has 0 bridgehead atoms. The quantitative estimate of drug-likeness (QED) is 0.925. The Balaban J connectivity index is 1.86. The van der Waals surface area contributed by atoms with Crippen LogP contribution in [0.2, 0.25) is 0 Å². The van der Waals surface area contributed by atoms with Crippen LogP contribution in [-0.4, -0.2) is 23.1 Å². The second kappa shape index (κ2) is 5.95. The highest BCUT2D eigenvalue weighted by Gasteiger charge is 2.18. The van der Waals surface area contributed by atoms with Crippen molar-refractivity contribution in [2.45, 2.75) is 39.0 Å². The van der Waals surface area contributed by atoms with Crippen LogP contribution in [0.15, 0.2) is 36.5 Å². The Kier molecular flexibility index (Phi) is 4.01. The van der Waals surface area contributed by atoms with Crippen LogP contribution in [0, 0.1) is 0 Å². The Morgan fingerprint density at radius 3 is 2.50 bits per heavy atom. The van der Waals surface area contributed by atoms with E-state index in [0.29, 0.717) is 0 Å². The Hall–Kier alpha value is -2.10. The van der Waals surface area contributed by atoms with Crippen molar-refractivity contribution in [3.63, 3.8) is 0 Å². The molecule has 2 heterocycles. The fourth-order valence-electron chi connectivity index (χ4n) is 2.87. The molecule has 4 heteroatoms. The highest BCUT2D eigenvalue weighted by atomic mass is 15.3. The van der Waals surface area contributed by atoms with Crippen molar-refractivity contribution < 1.29 is 0 Å². The first-order valence-corrected chi connectivity index (χ1v) is 7.98. The number of nitrogens with one attached hydrogen (secondary N) is 1. The zero-order valence-electron chi connectivity index (χ0n) is 13.6. The van der Waals surface area contributed by atoms with Gasteiger partial charge < -0.3 is 10.2 Å². The largest absolute Gasteiger partial charge is 0.341 e. The summed E-state index contributed by atoms with van der Waals surface area (Å²) in [4.78, 5) is 11.3. The van der Waals surface area contributed by atoms with Crippen LogP contribution >= 0.6 is 0 Å². The predicted molar refractivity (Wildman–Crippen MR) is 91.9 cm³/mol. The highest BCUT2D eigenvalue weighted by molar-refractivity contribution is 5.62. The van der Waals surface area contributed by atoms with E-state index < -0.39 is 0 Å². The van der Waals surface area contributed by atoms with Crippen molar-refractivity contribution in [2.75, 3.05) is 23.3 Å². The van der Waals surface area contributed by atoms with E-state index in [9.17, 15) is 0 Å². The molecular weight excluding hydrogens is 272 g/mol. The highest BCUT2D eigenvalue weighted by Crippen LogP contribution is 2.31. The van der Waals surface area contributed by atoms with E-state index in [1.165, 1.54) is 18.4 Å². The monoisotopic (exact) mass is 296 g/mol. The first-order valence-electron chi connectivity index (χ1n) is 7.98. The summed E-state index contributed by atoms with van der Waals surface area (Å²) in [5.41, 5.74) is 2.49. The SMILES string of the molecule is CC(C)(C)c1ccccc1Nc1ccnc(N2CCCC2)n1. The van der Waals surface area contributed by atoms with E-state index in [0.717, 1.165) is 30.5 Å². The third-order valence-corrected chi connectivity index (χ3v) is 4.03. The first kappa shape index (κ1) is 14.8. The minimum absolute atomic E-state index is 0.0917. The average molecular weight is 296 g/mol. The average Bonchev–Trinajstić information content (AvgIpc) is 3.01. The van der Waals surface area contributed by atoms with E-state index >= 15 is 0 Å². The van der Waals surface area contributed by atoms with Gasteiger partial charge in [-0.2, -0.15) is 4.98 Å². The number of aromatic nitrogens is 2. The molecular formula is C18H24N4. The Bertz CT molecular complexity index is 640. The van der Waals surface area contributed by atoms with E-state index in [-0.39, 0.29) is 5.41 Å². The van der Waals surface area contributed by atoms with Gasteiger partial charge >= 0.3 is 0 Å². The number of anilines is 3. The molecule has 116 valence electrons. The second-order valence-corrected chi connectivity index (χ2v) is 6.86. The van der Waals surface area contributed by atoms with E-state index in [2.05, 4.69) is 65.2 Å². The number of benzene rings is 1. The predicted octanol–water partition coefficient (Wildman–Crippen LogP) is 4.12. The van der Waals surface area contributed by atoms with E-state index in [1.54, 1.807) is 0 Å². The third kappa shape index (κ3) is 3.21. The van der Waals surface area contributed by atoms with Crippen molar-refractivity contribution in [1.29, 1.82) is 0 Å². The molecule has 0 radical (unpaired) electrons. The molecule has 1 aliphatic rings. The standard InChI is InChI=1S/C18H24N4/c1-18(2,3)14-8-4-5-9-15(14)20-16-10-11-19-17(21-16)22-12-6-7-13-22/h4-5,8-11H,6-7,12-13H2,1-3H3,(H,19,20,21). The molecule has 0 saturated carbocycles. The maximum Gasteiger partial charge on any atom is 0.227 e. The van der Waals surface area contributed by atoms with Crippen molar-refractivity contribution in [3.8, 4) is 0 Å². The molecule has 0 aliphatic carbocycles. The van der Waals surface area contributed by atoms with Gasteiger partial charge in [0.15, 0.2) is 0 Å². The van der Waals surface area contributed by atoms with Crippen LogP contribution in [-0.2, 0) is 5.41 Å². The molecule has 0 unspecified atom stereocenters. The zero-order valence-corrected chi connectivity index (χ0v) is 13.6. The first-order chi connectivity index (χ1) is 10.5. The van der Waals surface area contributed by atoms with Crippen LogP contribution in [0.5, 0.6) is 0 Å². The lowest BCUT2D eigenvalue weighted by Gasteiger charge is -2.23. The zero-order chi connectivity index (χ0) is 15.6. The number of rotatable bonds is 3. The Morgan fingerprint density at radius 2 is 1.77 bits per heavy atom. The smallest absolute Gasteiger partial charge is 0.227 e. The molecule has 2 aromatic rings. The summed E-state index contributed by atoms with van der Waals surface area (Å²) in [6, 6.07) is 10.4. The third-order valence-electron chi connectivity index (χ3n) is 4.03. The summed E-state index contributed by atoms with van der Waals surface area (Å²) in [7, 11) is 0. The van der Waals surface area contributed by atoms with Gasteiger partial charge in [-0.15, -0.1) is 0 Å². The molecule has 3 rings (SSSR count). The lowest BCUT2D eigenvalue weighted by atomic mass is 9.86. The molecule has 1 fully saturated rings. The molecule has 1 N–H and O–H groups in total. The summed E-state index contributed by atoms with van der Waals surface area (Å²) >= 11 is 0. The van der Waals surface area contributed by atoms with Gasteiger partial charge in [0.1, 0.15) is 5.82 Å². The Morgan fingerprint density at radius 1 is 1.05 bits per heavy atom. The summed E-state index contributed by atoms with van der Waals surface area (Å²) in [5.74, 6) is 1.68. The van der Waals surface area contributed by atoms with Crippen LogP contribution in [0.25, 0.3) is 0 Å². The molecule has 1 saturated heterocycles. The number of para-hydroxylation sites is 1. The fraction of sp³-hybridized carbons (Fsp3) is 0.444. The van der Waals surface area contributed by atoms with E-state index in [1.807, 2.05) is 12.3 Å². The van der Waals surface area contributed by atoms with Crippen molar-refractivity contribution in [1.82, 2.24) is 9.97 Å². The van der Waals surface area contributed by atoms with Gasteiger partial charge in [0.2, 0.25) is 5.95 Å². The lowest BCUT2D eigenvalue weighted by Crippen LogP contribution is -2.20. The second-order valence-electron chi connectivity index (χ2n) is 6.86. The van der Waals surface area contributed by atoms with Crippen molar-refractivity contribution >= 4 is 17.5 Å². The summed E-state index contributed by atoms with van der Waals surface area (Å²) in [5, 5.41) is 3.47.